The zero-order valence-corrected chi connectivity index (χ0v) is 15.8. The molecule has 142 valence electrons. The van der Waals surface area contributed by atoms with Gasteiger partial charge in [-0.3, -0.25) is 9.78 Å². The summed E-state index contributed by atoms with van der Waals surface area (Å²) < 4.78 is 11.6. The van der Waals surface area contributed by atoms with Gasteiger partial charge in [-0.2, -0.15) is 0 Å². The van der Waals surface area contributed by atoms with Crippen LogP contribution >= 0.6 is 0 Å². The van der Waals surface area contributed by atoms with Crippen LogP contribution in [0.1, 0.15) is 34.3 Å². The number of amides is 1. The summed E-state index contributed by atoms with van der Waals surface area (Å²) in [6.45, 7) is 6.99. The Labute approximate surface area is 159 Å². The van der Waals surface area contributed by atoms with Crippen molar-refractivity contribution in [2.75, 3.05) is 36.5 Å². The van der Waals surface area contributed by atoms with Gasteiger partial charge in [0.2, 0.25) is 0 Å². The SMILES string of the molecule is Cc1cccc(C)c1NC(=O)c1cncc(N2CCC3(CC2)OCCO3)c1. The summed E-state index contributed by atoms with van der Waals surface area (Å²) in [5.74, 6) is -0.543. The third kappa shape index (κ3) is 3.68. The summed E-state index contributed by atoms with van der Waals surface area (Å²) in [4.78, 5) is 19.3. The van der Waals surface area contributed by atoms with E-state index in [0.29, 0.717) is 18.8 Å². The third-order valence-corrected chi connectivity index (χ3v) is 5.41. The summed E-state index contributed by atoms with van der Waals surface area (Å²) in [6, 6.07) is 7.88. The van der Waals surface area contributed by atoms with Gasteiger partial charge in [0.15, 0.2) is 5.79 Å². The molecule has 1 aromatic carbocycles. The van der Waals surface area contributed by atoms with Crippen LogP contribution in [0.5, 0.6) is 0 Å². The van der Waals surface area contributed by atoms with Crippen molar-refractivity contribution < 1.29 is 14.3 Å². The monoisotopic (exact) mass is 367 g/mol. The first kappa shape index (κ1) is 17.9. The lowest BCUT2D eigenvalue weighted by Crippen LogP contribution is -2.45. The highest BCUT2D eigenvalue weighted by Gasteiger charge is 2.39. The van der Waals surface area contributed by atoms with Crippen LogP contribution in [0.3, 0.4) is 0 Å². The molecule has 0 aliphatic carbocycles. The summed E-state index contributed by atoms with van der Waals surface area (Å²) in [5.41, 5.74) is 4.47. The molecule has 0 unspecified atom stereocenters. The third-order valence-electron chi connectivity index (χ3n) is 5.41. The number of rotatable bonds is 3. The van der Waals surface area contributed by atoms with Crippen LogP contribution in [0, 0.1) is 13.8 Å². The number of nitrogens with one attached hydrogen (secondary N) is 1. The molecule has 0 radical (unpaired) electrons. The van der Waals surface area contributed by atoms with Gasteiger partial charge >= 0.3 is 0 Å². The van der Waals surface area contributed by atoms with Gasteiger partial charge in [-0.25, -0.2) is 0 Å². The molecule has 6 heteroatoms. The highest BCUT2D eigenvalue weighted by molar-refractivity contribution is 6.05. The normalized spacial score (nSPS) is 18.7. The van der Waals surface area contributed by atoms with Crippen molar-refractivity contribution in [3.05, 3.63) is 53.3 Å². The van der Waals surface area contributed by atoms with Crippen molar-refractivity contribution in [2.24, 2.45) is 0 Å². The van der Waals surface area contributed by atoms with Crippen LogP contribution in [-0.2, 0) is 9.47 Å². The van der Waals surface area contributed by atoms with E-state index >= 15 is 0 Å². The summed E-state index contributed by atoms with van der Waals surface area (Å²) in [5, 5.41) is 3.03. The second-order valence-electron chi connectivity index (χ2n) is 7.25. The summed E-state index contributed by atoms with van der Waals surface area (Å²) >= 11 is 0. The molecule has 1 amide bonds. The Bertz CT molecular complexity index is 816. The predicted molar refractivity (Wildman–Crippen MR) is 104 cm³/mol. The van der Waals surface area contributed by atoms with Crippen molar-refractivity contribution in [2.45, 2.75) is 32.5 Å². The molecular weight excluding hydrogens is 342 g/mol. The first-order chi connectivity index (χ1) is 13.1. The molecule has 2 fully saturated rings. The Morgan fingerprint density at radius 2 is 1.78 bits per heavy atom. The second-order valence-corrected chi connectivity index (χ2v) is 7.25. The first-order valence-electron chi connectivity index (χ1n) is 9.42. The minimum absolute atomic E-state index is 0.141. The Hall–Kier alpha value is -2.44. The molecule has 1 spiro atoms. The van der Waals surface area contributed by atoms with E-state index < -0.39 is 5.79 Å². The van der Waals surface area contributed by atoms with Crippen LogP contribution < -0.4 is 10.2 Å². The predicted octanol–water partition coefficient (Wildman–Crippen LogP) is 3.29. The Kier molecular flexibility index (Phi) is 4.85. The second kappa shape index (κ2) is 7.29. The molecule has 1 aromatic heterocycles. The fraction of sp³-hybridized carbons (Fsp3) is 0.429. The van der Waals surface area contributed by atoms with Gasteiger partial charge in [0.25, 0.3) is 5.91 Å². The minimum Gasteiger partial charge on any atom is -0.370 e. The molecule has 0 saturated carbocycles. The van der Waals surface area contributed by atoms with Crippen molar-refractivity contribution in [1.29, 1.82) is 0 Å². The van der Waals surface area contributed by atoms with Crippen molar-refractivity contribution >= 4 is 17.3 Å². The largest absolute Gasteiger partial charge is 0.370 e. The van der Waals surface area contributed by atoms with E-state index in [4.69, 9.17) is 9.47 Å². The van der Waals surface area contributed by atoms with Crippen molar-refractivity contribution in [1.82, 2.24) is 4.98 Å². The number of nitrogens with zero attached hydrogens (tertiary/aromatic N) is 2. The zero-order chi connectivity index (χ0) is 18.9. The van der Waals surface area contributed by atoms with Gasteiger partial charge in [-0.05, 0) is 31.0 Å². The maximum atomic E-state index is 12.7. The fourth-order valence-corrected chi connectivity index (χ4v) is 3.81. The molecule has 6 nitrogen and oxygen atoms in total. The number of aryl methyl sites for hydroxylation is 2. The number of benzene rings is 1. The Morgan fingerprint density at radius 3 is 2.44 bits per heavy atom. The molecular formula is C21H25N3O3. The number of ether oxygens (including phenoxy) is 2. The molecule has 2 aromatic rings. The quantitative estimate of drug-likeness (QED) is 0.902. The molecule has 27 heavy (non-hydrogen) atoms. The standard InChI is InChI=1S/C21H25N3O3/c1-15-4-3-5-16(2)19(15)23-20(25)17-12-18(14-22-13-17)24-8-6-21(7-9-24)26-10-11-27-21/h3-5,12-14H,6-11H2,1-2H3,(H,23,25). The van der Waals surface area contributed by atoms with Crippen LogP contribution in [0.25, 0.3) is 0 Å². The number of aromatic nitrogens is 1. The molecule has 2 aliphatic heterocycles. The summed E-state index contributed by atoms with van der Waals surface area (Å²) in [6.07, 6.45) is 5.07. The van der Waals surface area contributed by atoms with Crippen LogP contribution in [-0.4, -0.2) is 43.0 Å². The topological polar surface area (TPSA) is 63.7 Å². The van der Waals surface area contributed by atoms with Crippen LogP contribution in [0.15, 0.2) is 36.7 Å². The molecule has 4 rings (SSSR count). The molecule has 3 heterocycles. The minimum atomic E-state index is -0.402. The van der Waals surface area contributed by atoms with E-state index in [1.165, 1.54) is 0 Å². The van der Waals surface area contributed by atoms with Gasteiger partial charge in [0, 0.05) is 37.8 Å². The molecule has 2 aliphatic rings. The van der Waals surface area contributed by atoms with Gasteiger partial charge in [0.1, 0.15) is 0 Å². The molecule has 0 bridgehead atoms. The lowest BCUT2D eigenvalue weighted by Gasteiger charge is -2.38. The summed E-state index contributed by atoms with van der Waals surface area (Å²) in [7, 11) is 0. The highest BCUT2D eigenvalue weighted by atomic mass is 16.7. The molecule has 1 N–H and O–H groups in total. The molecule has 2 saturated heterocycles. The van der Waals surface area contributed by atoms with Crippen LogP contribution in [0.4, 0.5) is 11.4 Å². The van der Waals surface area contributed by atoms with E-state index in [1.807, 2.05) is 44.3 Å². The average molecular weight is 367 g/mol. The van der Waals surface area contributed by atoms with Gasteiger partial charge in [-0.15, -0.1) is 0 Å². The first-order valence-corrected chi connectivity index (χ1v) is 9.42. The number of piperidine rings is 1. The number of hydrogen-bond acceptors (Lipinski definition) is 5. The zero-order valence-electron chi connectivity index (χ0n) is 15.8. The lowest BCUT2D eigenvalue weighted by molar-refractivity contribution is -0.169. The average Bonchev–Trinajstić information content (AvgIpc) is 3.13. The fourth-order valence-electron chi connectivity index (χ4n) is 3.81. The van der Waals surface area contributed by atoms with E-state index in [0.717, 1.165) is 48.4 Å². The van der Waals surface area contributed by atoms with Crippen molar-refractivity contribution in [3.8, 4) is 0 Å². The van der Waals surface area contributed by atoms with E-state index in [-0.39, 0.29) is 5.91 Å². The maximum absolute atomic E-state index is 12.7. The lowest BCUT2D eigenvalue weighted by atomic mass is 10.0. The number of pyridine rings is 1. The van der Waals surface area contributed by atoms with E-state index in [9.17, 15) is 4.79 Å². The number of carbonyl (C=O) groups is 1. The number of anilines is 2. The van der Waals surface area contributed by atoms with Gasteiger partial charge < -0.3 is 19.7 Å². The number of para-hydroxylation sites is 1. The number of carbonyl (C=O) groups excluding carboxylic acids is 1. The van der Waals surface area contributed by atoms with E-state index in [2.05, 4.69) is 15.2 Å². The van der Waals surface area contributed by atoms with Crippen LogP contribution in [0.2, 0.25) is 0 Å². The van der Waals surface area contributed by atoms with Gasteiger partial charge in [0.05, 0.1) is 30.7 Å². The number of hydrogen-bond donors (Lipinski definition) is 1. The Morgan fingerprint density at radius 1 is 1.11 bits per heavy atom. The maximum Gasteiger partial charge on any atom is 0.257 e. The van der Waals surface area contributed by atoms with Gasteiger partial charge in [-0.1, -0.05) is 18.2 Å². The van der Waals surface area contributed by atoms with E-state index in [1.54, 1.807) is 6.20 Å². The smallest absolute Gasteiger partial charge is 0.257 e. The highest BCUT2D eigenvalue weighted by Crippen LogP contribution is 2.33. The Balaban J connectivity index is 1.47. The van der Waals surface area contributed by atoms with Crippen molar-refractivity contribution in [3.63, 3.8) is 0 Å². The molecule has 0 atom stereocenters.